The summed E-state index contributed by atoms with van der Waals surface area (Å²) in [5, 5.41) is 2.97. The number of benzene rings is 1. The molecule has 1 aromatic carbocycles. The molecule has 0 aliphatic heterocycles. The lowest BCUT2D eigenvalue weighted by molar-refractivity contribution is 0.415. The van der Waals surface area contributed by atoms with Crippen LogP contribution in [-0.4, -0.2) is 14.2 Å². The van der Waals surface area contributed by atoms with Crippen LogP contribution in [0.4, 0.5) is 11.4 Å². The summed E-state index contributed by atoms with van der Waals surface area (Å²) in [5.41, 5.74) is 7.29. The Bertz CT molecular complexity index is 253. The first-order valence-corrected chi connectivity index (χ1v) is 3.39. The highest BCUT2D eigenvalue weighted by atomic mass is 35.5. The second kappa shape index (κ2) is 4.72. The molecule has 4 heteroatoms. The standard InChI is InChI=1S/C8H12N2O.ClH/c1-10-8-4-3-6(11-2)5-7(8)9;/h3-5,10H,9H2,1-2H3;1H. The van der Waals surface area contributed by atoms with E-state index in [-0.39, 0.29) is 12.4 Å². The molecule has 0 fully saturated rings. The normalized spacial score (nSPS) is 8.50. The van der Waals surface area contributed by atoms with E-state index in [1.807, 2.05) is 19.2 Å². The lowest BCUT2D eigenvalue weighted by atomic mass is 10.2. The molecule has 0 amide bonds. The van der Waals surface area contributed by atoms with Crippen LogP contribution < -0.4 is 15.8 Å². The van der Waals surface area contributed by atoms with Crippen molar-refractivity contribution in [3.63, 3.8) is 0 Å². The van der Waals surface area contributed by atoms with Crippen molar-refractivity contribution < 1.29 is 4.74 Å². The van der Waals surface area contributed by atoms with E-state index in [1.165, 1.54) is 0 Å². The summed E-state index contributed by atoms with van der Waals surface area (Å²) >= 11 is 0. The van der Waals surface area contributed by atoms with Crippen LogP contribution >= 0.6 is 12.4 Å². The van der Waals surface area contributed by atoms with Crippen molar-refractivity contribution in [2.75, 3.05) is 25.2 Å². The van der Waals surface area contributed by atoms with Gasteiger partial charge in [0.05, 0.1) is 18.5 Å². The zero-order chi connectivity index (χ0) is 8.27. The second-order valence-electron chi connectivity index (χ2n) is 2.20. The zero-order valence-corrected chi connectivity index (χ0v) is 7.94. The van der Waals surface area contributed by atoms with Gasteiger partial charge in [-0.2, -0.15) is 0 Å². The summed E-state index contributed by atoms with van der Waals surface area (Å²) < 4.78 is 4.99. The molecule has 12 heavy (non-hydrogen) atoms. The molecule has 0 aromatic heterocycles. The van der Waals surface area contributed by atoms with E-state index in [0.717, 1.165) is 11.4 Å². The maximum Gasteiger partial charge on any atom is 0.121 e. The van der Waals surface area contributed by atoms with Crippen molar-refractivity contribution in [1.82, 2.24) is 0 Å². The number of nitrogen functional groups attached to an aromatic ring is 1. The fourth-order valence-corrected chi connectivity index (χ4v) is 0.895. The molecule has 0 heterocycles. The molecule has 3 N–H and O–H groups in total. The largest absolute Gasteiger partial charge is 0.497 e. The third-order valence-corrected chi connectivity index (χ3v) is 1.53. The molecule has 0 radical (unpaired) electrons. The Hall–Kier alpha value is -1.09. The minimum Gasteiger partial charge on any atom is -0.497 e. The van der Waals surface area contributed by atoms with Crippen LogP contribution in [0.15, 0.2) is 18.2 Å². The average molecular weight is 189 g/mol. The average Bonchev–Trinajstić information content (AvgIpc) is 2.04. The number of methoxy groups -OCH3 is 1. The minimum atomic E-state index is 0. The summed E-state index contributed by atoms with van der Waals surface area (Å²) in [4.78, 5) is 0. The van der Waals surface area contributed by atoms with Crippen LogP contribution in [0.3, 0.4) is 0 Å². The van der Waals surface area contributed by atoms with Crippen molar-refractivity contribution in [2.24, 2.45) is 0 Å². The van der Waals surface area contributed by atoms with Crippen LogP contribution in [0.5, 0.6) is 5.75 Å². The Morgan fingerprint density at radius 1 is 1.42 bits per heavy atom. The predicted octanol–water partition coefficient (Wildman–Crippen LogP) is 1.74. The van der Waals surface area contributed by atoms with Gasteiger partial charge in [0.15, 0.2) is 0 Å². The van der Waals surface area contributed by atoms with Gasteiger partial charge in [-0.15, -0.1) is 12.4 Å². The Morgan fingerprint density at radius 3 is 2.50 bits per heavy atom. The molecule has 0 aliphatic carbocycles. The number of ether oxygens (including phenoxy) is 1. The van der Waals surface area contributed by atoms with Gasteiger partial charge in [0.1, 0.15) is 5.75 Å². The van der Waals surface area contributed by atoms with Gasteiger partial charge in [-0.25, -0.2) is 0 Å². The molecule has 0 saturated heterocycles. The number of hydrogen-bond acceptors (Lipinski definition) is 3. The third-order valence-electron chi connectivity index (χ3n) is 1.53. The maximum absolute atomic E-state index is 5.66. The summed E-state index contributed by atoms with van der Waals surface area (Å²) in [5.74, 6) is 0.779. The van der Waals surface area contributed by atoms with Gasteiger partial charge in [-0.1, -0.05) is 0 Å². The zero-order valence-electron chi connectivity index (χ0n) is 7.13. The van der Waals surface area contributed by atoms with E-state index in [9.17, 15) is 0 Å². The second-order valence-corrected chi connectivity index (χ2v) is 2.20. The van der Waals surface area contributed by atoms with E-state index in [1.54, 1.807) is 13.2 Å². The lowest BCUT2D eigenvalue weighted by Gasteiger charge is -2.05. The number of hydrogen-bond donors (Lipinski definition) is 2. The Balaban J connectivity index is 0.00000121. The fourth-order valence-electron chi connectivity index (χ4n) is 0.895. The number of halogens is 1. The Labute approximate surface area is 78.3 Å². The smallest absolute Gasteiger partial charge is 0.121 e. The van der Waals surface area contributed by atoms with Gasteiger partial charge < -0.3 is 15.8 Å². The highest BCUT2D eigenvalue weighted by Crippen LogP contribution is 2.22. The van der Waals surface area contributed by atoms with Crippen molar-refractivity contribution in [3.05, 3.63) is 18.2 Å². The van der Waals surface area contributed by atoms with E-state index >= 15 is 0 Å². The van der Waals surface area contributed by atoms with Gasteiger partial charge in [-0.3, -0.25) is 0 Å². The summed E-state index contributed by atoms with van der Waals surface area (Å²) in [7, 11) is 3.45. The molecule has 3 nitrogen and oxygen atoms in total. The minimum absolute atomic E-state index is 0. The molecule has 0 bridgehead atoms. The highest BCUT2D eigenvalue weighted by Gasteiger charge is 1.96. The van der Waals surface area contributed by atoms with Gasteiger partial charge >= 0.3 is 0 Å². The number of anilines is 2. The first kappa shape index (κ1) is 10.9. The van der Waals surface area contributed by atoms with Crippen LogP contribution in [0.1, 0.15) is 0 Å². The molecule has 0 aliphatic rings. The summed E-state index contributed by atoms with van der Waals surface area (Å²) in [6.07, 6.45) is 0. The summed E-state index contributed by atoms with van der Waals surface area (Å²) in [6, 6.07) is 5.53. The lowest BCUT2D eigenvalue weighted by Crippen LogP contribution is -1.95. The fraction of sp³-hybridized carbons (Fsp3) is 0.250. The van der Waals surface area contributed by atoms with E-state index in [0.29, 0.717) is 5.69 Å². The van der Waals surface area contributed by atoms with Crippen molar-refractivity contribution in [1.29, 1.82) is 0 Å². The number of nitrogens with one attached hydrogen (secondary N) is 1. The molecule has 1 aromatic rings. The monoisotopic (exact) mass is 188 g/mol. The highest BCUT2D eigenvalue weighted by molar-refractivity contribution is 5.85. The number of nitrogens with two attached hydrogens (primary N) is 1. The molecule has 1 rings (SSSR count). The molecule has 0 atom stereocenters. The van der Waals surface area contributed by atoms with E-state index in [2.05, 4.69) is 5.32 Å². The third kappa shape index (κ3) is 2.20. The SMILES string of the molecule is CNc1ccc(OC)cc1N.Cl. The van der Waals surface area contributed by atoms with Crippen molar-refractivity contribution in [3.8, 4) is 5.75 Å². The topological polar surface area (TPSA) is 47.3 Å². The van der Waals surface area contributed by atoms with Crippen molar-refractivity contribution >= 4 is 23.8 Å². The molecular formula is C8H13ClN2O. The van der Waals surface area contributed by atoms with Gasteiger partial charge in [-0.05, 0) is 12.1 Å². The van der Waals surface area contributed by atoms with Crippen LogP contribution in [-0.2, 0) is 0 Å². The summed E-state index contributed by atoms with van der Waals surface area (Å²) in [6.45, 7) is 0. The van der Waals surface area contributed by atoms with Crippen LogP contribution in [0.25, 0.3) is 0 Å². The van der Waals surface area contributed by atoms with Crippen LogP contribution in [0.2, 0.25) is 0 Å². The Kier molecular flexibility index (Phi) is 4.29. The quantitative estimate of drug-likeness (QED) is 0.696. The van der Waals surface area contributed by atoms with Crippen molar-refractivity contribution in [2.45, 2.75) is 0 Å². The molecule has 68 valence electrons. The molecular weight excluding hydrogens is 176 g/mol. The van der Waals surface area contributed by atoms with E-state index < -0.39 is 0 Å². The Morgan fingerprint density at radius 2 is 2.08 bits per heavy atom. The van der Waals surface area contributed by atoms with Gasteiger partial charge in [0.2, 0.25) is 0 Å². The van der Waals surface area contributed by atoms with Gasteiger partial charge in [0.25, 0.3) is 0 Å². The molecule has 0 unspecified atom stereocenters. The molecule has 0 saturated carbocycles. The molecule has 0 spiro atoms. The predicted molar refractivity (Wildman–Crippen MR) is 54.2 cm³/mol. The van der Waals surface area contributed by atoms with Crippen LogP contribution in [0, 0.1) is 0 Å². The van der Waals surface area contributed by atoms with E-state index in [4.69, 9.17) is 10.5 Å². The maximum atomic E-state index is 5.66. The van der Waals surface area contributed by atoms with Gasteiger partial charge in [0, 0.05) is 13.1 Å². The first-order valence-electron chi connectivity index (χ1n) is 3.39. The first-order chi connectivity index (χ1) is 5.27. The number of rotatable bonds is 2.